The molecule has 0 spiro atoms. The first-order valence-electron chi connectivity index (χ1n) is 5.61. The molecule has 2 rings (SSSR count). The van der Waals surface area contributed by atoms with Crippen molar-refractivity contribution in [3.8, 4) is 0 Å². The fourth-order valence-electron chi connectivity index (χ4n) is 1.97. The van der Waals surface area contributed by atoms with E-state index >= 15 is 0 Å². The van der Waals surface area contributed by atoms with Crippen LogP contribution >= 0.6 is 11.3 Å². The Kier molecular flexibility index (Phi) is 3.26. The van der Waals surface area contributed by atoms with Gasteiger partial charge in [0.1, 0.15) is 0 Å². The standard InChI is InChI=1S/C11H19N3S/c1-8-5-4-6-14(8)11-13-10(7-15-11)9(2)12-3/h7-9,12H,4-6H2,1-3H3. The van der Waals surface area contributed by atoms with E-state index in [0.717, 1.165) is 5.69 Å². The van der Waals surface area contributed by atoms with Crippen LogP contribution in [-0.4, -0.2) is 24.6 Å². The molecular formula is C11H19N3S. The van der Waals surface area contributed by atoms with Crippen LogP contribution in [0.15, 0.2) is 5.38 Å². The molecule has 0 saturated carbocycles. The maximum Gasteiger partial charge on any atom is 0.185 e. The Hall–Kier alpha value is -0.610. The van der Waals surface area contributed by atoms with Crippen LogP contribution in [0.3, 0.4) is 0 Å². The van der Waals surface area contributed by atoms with E-state index < -0.39 is 0 Å². The summed E-state index contributed by atoms with van der Waals surface area (Å²) in [5.41, 5.74) is 1.16. The molecule has 0 bridgehead atoms. The minimum atomic E-state index is 0.355. The molecule has 1 saturated heterocycles. The molecule has 0 aromatic carbocycles. The third kappa shape index (κ3) is 2.16. The summed E-state index contributed by atoms with van der Waals surface area (Å²) in [6.07, 6.45) is 2.61. The topological polar surface area (TPSA) is 28.2 Å². The van der Waals surface area contributed by atoms with Crippen LogP contribution in [0.2, 0.25) is 0 Å². The van der Waals surface area contributed by atoms with E-state index in [-0.39, 0.29) is 0 Å². The Morgan fingerprint density at radius 2 is 2.47 bits per heavy atom. The summed E-state index contributed by atoms with van der Waals surface area (Å²) in [5, 5.41) is 6.58. The average Bonchev–Trinajstić information content (AvgIpc) is 2.84. The van der Waals surface area contributed by atoms with Crippen LogP contribution in [0.5, 0.6) is 0 Å². The Bertz CT molecular complexity index is 323. The van der Waals surface area contributed by atoms with Gasteiger partial charge in [0.15, 0.2) is 5.13 Å². The summed E-state index contributed by atoms with van der Waals surface area (Å²) in [6.45, 7) is 5.60. The van der Waals surface area contributed by atoms with Crippen molar-refractivity contribution in [2.24, 2.45) is 0 Å². The van der Waals surface area contributed by atoms with Crippen LogP contribution < -0.4 is 10.2 Å². The second kappa shape index (κ2) is 4.49. The minimum Gasteiger partial charge on any atom is -0.345 e. The predicted molar refractivity (Wildman–Crippen MR) is 65.6 cm³/mol. The summed E-state index contributed by atoms with van der Waals surface area (Å²) in [7, 11) is 1.97. The molecule has 2 heterocycles. The molecule has 1 aromatic heterocycles. The van der Waals surface area contributed by atoms with Crippen LogP contribution in [0, 0.1) is 0 Å². The van der Waals surface area contributed by atoms with Crippen molar-refractivity contribution in [3.63, 3.8) is 0 Å². The van der Waals surface area contributed by atoms with Gasteiger partial charge in [0.25, 0.3) is 0 Å². The van der Waals surface area contributed by atoms with E-state index in [1.54, 1.807) is 11.3 Å². The van der Waals surface area contributed by atoms with E-state index in [1.165, 1.54) is 24.5 Å². The van der Waals surface area contributed by atoms with Gasteiger partial charge in [0.2, 0.25) is 0 Å². The summed E-state index contributed by atoms with van der Waals surface area (Å²) in [5.74, 6) is 0. The quantitative estimate of drug-likeness (QED) is 0.856. The summed E-state index contributed by atoms with van der Waals surface area (Å²) in [6, 6.07) is 1.02. The maximum atomic E-state index is 4.70. The van der Waals surface area contributed by atoms with E-state index in [2.05, 4.69) is 29.4 Å². The lowest BCUT2D eigenvalue weighted by atomic mass is 10.2. The number of nitrogens with zero attached hydrogens (tertiary/aromatic N) is 2. The van der Waals surface area contributed by atoms with Gasteiger partial charge in [-0.05, 0) is 33.7 Å². The molecule has 4 heteroatoms. The van der Waals surface area contributed by atoms with Gasteiger partial charge in [-0.1, -0.05) is 0 Å². The first kappa shape index (κ1) is 10.9. The van der Waals surface area contributed by atoms with Crippen molar-refractivity contribution in [2.75, 3.05) is 18.5 Å². The molecule has 1 fully saturated rings. The van der Waals surface area contributed by atoms with E-state index in [1.807, 2.05) is 7.05 Å². The number of anilines is 1. The Morgan fingerprint density at radius 1 is 1.67 bits per heavy atom. The number of thiazole rings is 1. The van der Waals surface area contributed by atoms with Crippen LogP contribution in [0.4, 0.5) is 5.13 Å². The Labute approximate surface area is 95.5 Å². The molecule has 84 valence electrons. The van der Waals surface area contributed by atoms with Crippen molar-refractivity contribution < 1.29 is 0 Å². The Morgan fingerprint density at radius 3 is 3.07 bits per heavy atom. The molecule has 2 unspecified atom stereocenters. The van der Waals surface area contributed by atoms with Gasteiger partial charge in [-0.2, -0.15) is 0 Å². The molecule has 1 aromatic rings. The number of aromatic nitrogens is 1. The van der Waals surface area contributed by atoms with Gasteiger partial charge < -0.3 is 10.2 Å². The largest absolute Gasteiger partial charge is 0.345 e. The van der Waals surface area contributed by atoms with Crippen molar-refractivity contribution in [3.05, 3.63) is 11.1 Å². The molecule has 3 nitrogen and oxygen atoms in total. The number of nitrogens with one attached hydrogen (secondary N) is 1. The third-order valence-electron chi connectivity index (χ3n) is 3.19. The lowest BCUT2D eigenvalue weighted by Crippen LogP contribution is -2.26. The summed E-state index contributed by atoms with van der Waals surface area (Å²) < 4.78 is 0. The first-order valence-corrected chi connectivity index (χ1v) is 6.49. The first-order chi connectivity index (χ1) is 7.22. The summed E-state index contributed by atoms with van der Waals surface area (Å²) in [4.78, 5) is 7.12. The van der Waals surface area contributed by atoms with Gasteiger partial charge >= 0.3 is 0 Å². The molecule has 0 radical (unpaired) electrons. The van der Waals surface area contributed by atoms with Crippen molar-refractivity contribution in [2.45, 2.75) is 38.8 Å². The van der Waals surface area contributed by atoms with E-state index in [0.29, 0.717) is 12.1 Å². The second-order valence-electron chi connectivity index (χ2n) is 4.25. The fraction of sp³-hybridized carbons (Fsp3) is 0.727. The fourth-order valence-corrected chi connectivity index (χ4v) is 3.02. The number of hydrogen-bond acceptors (Lipinski definition) is 4. The summed E-state index contributed by atoms with van der Waals surface area (Å²) >= 11 is 1.77. The smallest absolute Gasteiger partial charge is 0.185 e. The van der Waals surface area contributed by atoms with Gasteiger partial charge in [-0.15, -0.1) is 11.3 Å². The highest BCUT2D eigenvalue weighted by atomic mass is 32.1. The highest BCUT2D eigenvalue weighted by Crippen LogP contribution is 2.29. The monoisotopic (exact) mass is 225 g/mol. The molecule has 1 N–H and O–H groups in total. The second-order valence-corrected chi connectivity index (χ2v) is 5.09. The van der Waals surface area contributed by atoms with Crippen molar-refractivity contribution in [1.82, 2.24) is 10.3 Å². The zero-order valence-electron chi connectivity index (χ0n) is 9.66. The lowest BCUT2D eigenvalue weighted by Gasteiger charge is -2.20. The number of rotatable bonds is 3. The molecule has 0 aliphatic carbocycles. The van der Waals surface area contributed by atoms with Crippen LogP contribution in [-0.2, 0) is 0 Å². The predicted octanol–water partition coefficient (Wildman–Crippen LogP) is 2.41. The molecule has 1 aliphatic rings. The molecule has 2 atom stereocenters. The molecular weight excluding hydrogens is 206 g/mol. The number of hydrogen-bond donors (Lipinski definition) is 1. The molecule has 0 amide bonds. The van der Waals surface area contributed by atoms with E-state index in [4.69, 9.17) is 4.98 Å². The lowest BCUT2D eigenvalue weighted by molar-refractivity contribution is 0.634. The van der Waals surface area contributed by atoms with Gasteiger partial charge in [-0.3, -0.25) is 0 Å². The SMILES string of the molecule is CNC(C)c1csc(N2CCCC2C)n1. The molecule has 1 aliphatic heterocycles. The molecule has 15 heavy (non-hydrogen) atoms. The van der Waals surface area contributed by atoms with Gasteiger partial charge in [0.05, 0.1) is 5.69 Å². The highest BCUT2D eigenvalue weighted by molar-refractivity contribution is 7.13. The van der Waals surface area contributed by atoms with Crippen LogP contribution in [0.25, 0.3) is 0 Å². The minimum absolute atomic E-state index is 0.355. The van der Waals surface area contributed by atoms with Crippen molar-refractivity contribution >= 4 is 16.5 Å². The zero-order valence-corrected chi connectivity index (χ0v) is 10.5. The zero-order chi connectivity index (χ0) is 10.8. The van der Waals surface area contributed by atoms with Gasteiger partial charge in [0, 0.05) is 24.0 Å². The maximum absolute atomic E-state index is 4.70. The van der Waals surface area contributed by atoms with Gasteiger partial charge in [-0.25, -0.2) is 4.98 Å². The normalized spacial score (nSPS) is 23.4. The Balaban J connectivity index is 2.12. The average molecular weight is 225 g/mol. The highest BCUT2D eigenvalue weighted by Gasteiger charge is 2.23. The third-order valence-corrected chi connectivity index (χ3v) is 4.08. The van der Waals surface area contributed by atoms with E-state index in [9.17, 15) is 0 Å². The van der Waals surface area contributed by atoms with Crippen LogP contribution in [0.1, 0.15) is 38.4 Å². The van der Waals surface area contributed by atoms with Crippen molar-refractivity contribution in [1.29, 1.82) is 0 Å².